The highest BCUT2D eigenvalue weighted by atomic mass is 32.2. The average molecular weight is 388 g/mol. The Morgan fingerprint density at radius 1 is 0.926 bits per heavy atom. The van der Waals surface area contributed by atoms with Gasteiger partial charge in [0.15, 0.2) is 0 Å². The smallest absolute Gasteiger partial charge is 0.255 e. The van der Waals surface area contributed by atoms with E-state index in [1.807, 2.05) is 24.3 Å². The predicted molar refractivity (Wildman–Crippen MR) is 110 cm³/mol. The molecule has 0 spiro atoms. The minimum absolute atomic E-state index is 0.292. The number of hydrogen-bond donors (Lipinski definition) is 3. The van der Waals surface area contributed by atoms with Crippen LogP contribution in [-0.2, 0) is 10.0 Å². The number of anilines is 3. The molecule has 1 aliphatic rings. The fourth-order valence-corrected chi connectivity index (χ4v) is 3.83. The van der Waals surface area contributed by atoms with Gasteiger partial charge in [0, 0.05) is 28.7 Å². The Kier molecular flexibility index (Phi) is 6.01. The summed E-state index contributed by atoms with van der Waals surface area (Å²) in [6.07, 6.45) is 7.36. The number of amides is 1. The molecule has 1 fully saturated rings. The van der Waals surface area contributed by atoms with Crippen molar-refractivity contribution in [3.05, 3.63) is 54.1 Å². The molecule has 1 saturated carbocycles. The highest BCUT2D eigenvalue weighted by Gasteiger charge is 2.13. The molecule has 0 radical (unpaired) electrons. The maximum atomic E-state index is 12.4. The first kappa shape index (κ1) is 19.2. The van der Waals surface area contributed by atoms with E-state index in [2.05, 4.69) is 15.4 Å². The van der Waals surface area contributed by atoms with Crippen molar-refractivity contribution < 1.29 is 13.2 Å². The van der Waals surface area contributed by atoms with Crippen molar-refractivity contribution >= 4 is 33.0 Å². The molecule has 2 aromatic rings. The van der Waals surface area contributed by atoms with Gasteiger partial charge in [0.2, 0.25) is 10.0 Å². The highest BCUT2D eigenvalue weighted by molar-refractivity contribution is 7.92. The summed E-state index contributed by atoms with van der Waals surface area (Å²) in [6, 6.07) is 14.6. The van der Waals surface area contributed by atoms with Gasteiger partial charge in [-0.05, 0) is 55.3 Å². The fourth-order valence-electron chi connectivity index (χ4n) is 3.27. The van der Waals surface area contributed by atoms with Gasteiger partial charge in [-0.25, -0.2) is 8.42 Å². The van der Waals surface area contributed by atoms with Crippen molar-refractivity contribution in [1.29, 1.82) is 0 Å². The second kappa shape index (κ2) is 8.43. The monoisotopic (exact) mass is 387 g/mol. The Balaban J connectivity index is 1.61. The topological polar surface area (TPSA) is 87.3 Å². The van der Waals surface area contributed by atoms with Crippen LogP contribution in [-0.4, -0.2) is 26.6 Å². The highest BCUT2D eigenvalue weighted by Crippen LogP contribution is 2.23. The molecule has 0 aromatic heterocycles. The summed E-state index contributed by atoms with van der Waals surface area (Å²) in [5, 5.41) is 6.38. The van der Waals surface area contributed by atoms with Gasteiger partial charge in [-0.2, -0.15) is 0 Å². The lowest BCUT2D eigenvalue weighted by Gasteiger charge is -2.23. The molecule has 0 bridgehead atoms. The minimum Gasteiger partial charge on any atom is -0.382 e. The molecule has 6 nitrogen and oxygen atoms in total. The van der Waals surface area contributed by atoms with E-state index < -0.39 is 10.0 Å². The van der Waals surface area contributed by atoms with Crippen LogP contribution in [0.15, 0.2) is 48.5 Å². The second-order valence-corrected chi connectivity index (χ2v) is 8.71. The third-order valence-corrected chi connectivity index (χ3v) is 5.15. The molecule has 0 atom stereocenters. The quantitative estimate of drug-likeness (QED) is 0.698. The Labute approximate surface area is 160 Å². The molecule has 3 N–H and O–H groups in total. The van der Waals surface area contributed by atoms with Crippen LogP contribution in [0.5, 0.6) is 0 Å². The SMILES string of the molecule is CS(=O)(=O)Nc1cccc(C(=O)Nc2ccc(NC3CCCCC3)cc2)c1. The number of carbonyl (C=O) groups excluding carboxylic acids is 1. The lowest BCUT2D eigenvalue weighted by Crippen LogP contribution is -2.22. The van der Waals surface area contributed by atoms with E-state index in [1.54, 1.807) is 18.2 Å². The third kappa shape index (κ3) is 5.99. The normalized spacial score (nSPS) is 15.1. The zero-order valence-corrected chi connectivity index (χ0v) is 16.2. The number of hydrogen-bond acceptors (Lipinski definition) is 4. The lowest BCUT2D eigenvalue weighted by atomic mass is 9.95. The van der Waals surface area contributed by atoms with Crippen LogP contribution in [0, 0.1) is 0 Å². The minimum atomic E-state index is -3.38. The molecule has 1 aliphatic carbocycles. The molecule has 0 heterocycles. The van der Waals surface area contributed by atoms with Gasteiger partial charge in [0.1, 0.15) is 0 Å². The summed E-state index contributed by atoms with van der Waals surface area (Å²) >= 11 is 0. The molecule has 144 valence electrons. The summed E-state index contributed by atoms with van der Waals surface area (Å²) in [7, 11) is -3.38. The number of carbonyl (C=O) groups is 1. The largest absolute Gasteiger partial charge is 0.382 e. The Morgan fingerprint density at radius 2 is 1.59 bits per heavy atom. The predicted octanol–water partition coefficient (Wildman–Crippen LogP) is 4.06. The van der Waals surface area contributed by atoms with Gasteiger partial charge in [0.05, 0.1) is 6.26 Å². The van der Waals surface area contributed by atoms with Crippen molar-refractivity contribution in [2.24, 2.45) is 0 Å². The van der Waals surface area contributed by atoms with Crippen LogP contribution in [0.25, 0.3) is 0 Å². The van der Waals surface area contributed by atoms with Gasteiger partial charge < -0.3 is 10.6 Å². The second-order valence-electron chi connectivity index (χ2n) is 6.97. The van der Waals surface area contributed by atoms with Crippen LogP contribution in [0.1, 0.15) is 42.5 Å². The number of benzene rings is 2. The van der Waals surface area contributed by atoms with Crippen LogP contribution in [0.4, 0.5) is 17.1 Å². The molecule has 2 aromatic carbocycles. The van der Waals surface area contributed by atoms with Crippen LogP contribution < -0.4 is 15.4 Å². The van der Waals surface area contributed by atoms with Crippen LogP contribution in [0.3, 0.4) is 0 Å². The first-order valence-corrected chi connectivity index (χ1v) is 11.0. The number of sulfonamides is 1. The summed E-state index contributed by atoms with van der Waals surface area (Å²) in [5.41, 5.74) is 2.49. The van der Waals surface area contributed by atoms with Gasteiger partial charge in [-0.15, -0.1) is 0 Å². The van der Waals surface area contributed by atoms with Gasteiger partial charge in [0.25, 0.3) is 5.91 Å². The lowest BCUT2D eigenvalue weighted by molar-refractivity contribution is 0.102. The summed E-state index contributed by atoms with van der Waals surface area (Å²) < 4.78 is 25.0. The summed E-state index contributed by atoms with van der Waals surface area (Å²) in [6.45, 7) is 0. The maximum Gasteiger partial charge on any atom is 0.255 e. The van der Waals surface area contributed by atoms with E-state index >= 15 is 0 Å². The Bertz CT molecular complexity index is 889. The van der Waals surface area contributed by atoms with E-state index in [1.165, 1.54) is 38.2 Å². The van der Waals surface area contributed by atoms with Crippen molar-refractivity contribution in [1.82, 2.24) is 0 Å². The van der Waals surface area contributed by atoms with Gasteiger partial charge in [-0.3, -0.25) is 9.52 Å². The maximum absolute atomic E-state index is 12.4. The molecule has 0 saturated heterocycles. The van der Waals surface area contributed by atoms with Crippen LogP contribution >= 0.6 is 0 Å². The van der Waals surface area contributed by atoms with E-state index in [0.29, 0.717) is 23.0 Å². The fraction of sp³-hybridized carbons (Fsp3) is 0.350. The van der Waals surface area contributed by atoms with E-state index in [4.69, 9.17) is 0 Å². The van der Waals surface area contributed by atoms with Gasteiger partial charge in [-0.1, -0.05) is 25.3 Å². The summed E-state index contributed by atoms with van der Waals surface area (Å²) in [4.78, 5) is 12.4. The molecular formula is C20H25N3O3S. The van der Waals surface area contributed by atoms with Gasteiger partial charge >= 0.3 is 0 Å². The molecular weight excluding hydrogens is 362 g/mol. The first-order chi connectivity index (χ1) is 12.9. The first-order valence-electron chi connectivity index (χ1n) is 9.15. The van der Waals surface area contributed by atoms with E-state index in [0.717, 1.165) is 11.9 Å². The summed E-state index contributed by atoms with van der Waals surface area (Å²) in [5.74, 6) is -0.292. The molecule has 7 heteroatoms. The van der Waals surface area contributed by atoms with Crippen molar-refractivity contribution in [3.8, 4) is 0 Å². The van der Waals surface area contributed by atoms with Crippen LogP contribution in [0.2, 0.25) is 0 Å². The Hall–Kier alpha value is -2.54. The number of nitrogens with one attached hydrogen (secondary N) is 3. The zero-order chi connectivity index (χ0) is 19.3. The zero-order valence-electron chi connectivity index (χ0n) is 15.4. The number of rotatable bonds is 6. The molecule has 0 unspecified atom stereocenters. The van der Waals surface area contributed by atoms with Crippen molar-refractivity contribution in [2.45, 2.75) is 38.1 Å². The van der Waals surface area contributed by atoms with Crippen molar-refractivity contribution in [3.63, 3.8) is 0 Å². The molecule has 1 amide bonds. The molecule has 3 rings (SSSR count). The van der Waals surface area contributed by atoms with Crippen molar-refractivity contribution in [2.75, 3.05) is 21.6 Å². The molecule has 27 heavy (non-hydrogen) atoms. The van der Waals surface area contributed by atoms with E-state index in [-0.39, 0.29) is 5.91 Å². The average Bonchev–Trinajstić information content (AvgIpc) is 2.63. The van der Waals surface area contributed by atoms with E-state index in [9.17, 15) is 13.2 Å². The third-order valence-electron chi connectivity index (χ3n) is 4.55. The standard InChI is InChI=1S/C20H25N3O3S/c1-27(25,26)23-19-9-5-6-15(14-19)20(24)22-18-12-10-17(11-13-18)21-16-7-3-2-4-8-16/h5-6,9-14,16,21,23H,2-4,7-8H2,1H3,(H,22,24). The Morgan fingerprint density at radius 3 is 2.26 bits per heavy atom. The molecule has 0 aliphatic heterocycles.